The van der Waals surface area contributed by atoms with Crippen molar-refractivity contribution < 1.29 is 4.39 Å². The fourth-order valence-electron chi connectivity index (χ4n) is 1.51. The Labute approximate surface area is 105 Å². The maximum Gasteiger partial charge on any atom is 0.151 e. The average Bonchev–Trinajstić information content (AvgIpc) is 2.35. The van der Waals surface area contributed by atoms with E-state index in [1.165, 1.54) is 6.07 Å². The molecule has 2 aromatic rings. The first-order chi connectivity index (χ1) is 8.69. The summed E-state index contributed by atoms with van der Waals surface area (Å²) in [7, 11) is 0. The molecule has 1 aromatic carbocycles. The molecule has 0 aliphatic rings. The van der Waals surface area contributed by atoms with Crippen molar-refractivity contribution in [2.45, 2.75) is 13.8 Å². The first kappa shape index (κ1) is 12.3. The molecule has 0 amide bonds. The van der Waals surface area contributed by atoms with E-state index in [1.54, 1.807) is 31.5 Å². The van der Waals surface area contributed by atoms with Crippen LogP contribution in [0, 0.1) is 12.7 Å². The van der Waals surface area contributed by atoms with Gasteiger partial charge in [-0.05, 0) is 31.5 Å². The number of hydrogen-bond acceptors (Lipinski definition) is 4. The Morgan fingerprint density at radius 2 is 2.00 bits per heavy atom. The van der Waals surface area contributed by atoms with E-state index >= 15 is 0 Å². The Morgan fingerprint density at radius 3 is 2.72 bits per heavy atom. The van der Waals surface area contributed by atoms with Gasteiger partial charge in [-0.15, -0.1) is 0 Å². The summed E-state index contributed by atoms with van der Waals surface area (Å²) in [5.74, 6) is 1.03. The van der Waals surface area contributed by atoms with Crippen molar-refractivity contribution in [1.82, 2.24) is 9.97 Å². The fourth-order valence-corrected chi connectivity index (χ4v) is 1.51. The van der Waals surface area contributed by atoms with E-state index in [0.29, 0.717) is 22.9 Å². The van der Waals surface area contributed by atoms with E-state index in [9.17, 15) is 4.39 Å². The van der Waals surface area contributed by atoms with Crippen molar-refractivity contribution in [2.75, 3.05) is 17.2 Å². The lowest BCUT2D eigenvalue weighted by Gasteiger charge is -2.08. The van der Waals surface area contributed by atoms with Crippen LogP contribution in [0.4, 0.5) is 21.7 Å². The van der Waals surface area contributed by atoms with Crippen molar-refractivity contribution in [3.63, 3.8) is 0 Å². The number of anilines is 3. The van der Waals surface area contributed by atoms with E-state index in [-0.39, 0.29) is 5.82 Å². The fraction of sp³-hybridized carbons (Fsp3) is 0.231. The zero-order chi connectivity index (χ0) is 13.0. The SMILES string of the molecule is CCNc1cncc(Nc2ccc(C)c(F)c2)n1. The molecule has 2 rings (SSSR count). The summed E-state index contributed by atoms with van der Waals surface area (Å²) >= 11 is 0. The Kier molecular flexibility index (Phi) is 3.72. The number of nitrogens with one attached hydrogen (secondary N) is 2. The number of hydrogen-bond donors (Lipinski definition) is 2. The van der Waals surface area contributed by atoms with Crippen LogP contribution in [0.1, 0.15) is 12.5 Å². The summed E-state index contributed by atoms with van der Waals surface area (Å²) in [4.78, 5) is 8.36. The summed E-state index contributed by atoms with van der Waals surface area (Å²) < 4.78 is 13.4. The predicted octanol–water partition coefficient (Wildman–Crippen LogP) is 3.10. The van der Waals surface area contributed by atoms with Gasteiger partial charge in [0.05, 0.1) is 12.4 Å². The van der Waals surface area contributed by atoms with Crippen LogP contribution in [-0.4, -0.2) is 16.5 Å². The van der Waals surface area contributed by atoms with Crippen LogP contribution >= 0.6 is 0 Å². The van der Waals surface area contributed by atoms with Gasteiger partial charge in [0, 0.05) is 12.2 Å². The Morgan fingerprint density at radius 1 is 1.22 bits per heavy atom. The number of rotatable bonds is 4. The minimum absolute atomic E-state index is 0.240. The van der Waals surface area contributed by atoms with Gasteiger partial charge in [0.2, 0.25) is 0 Å². The molecule has 18 heavy (non-hydrogen) atoms. The van der Waals surface area contributed by atoms with Crippen LogP contribution in [0.2, 0.25) is 0 Å². The minimum Gasteiger partial charge on any atom is -0.369 e. The van der Waals surface area contributed by atoms with Gasteiger partial charge in [0.15, 0.2) is 5.82 Å². The molecular formula is C13H15FN4. The van der Waals surface area contributed by atoms with E-state index in [1.807, 2.05) is 6.92 Å². The van der Waals surface area contributed by atoms with Crippen LogP contribution in [0.25, 0.3) is 0 Å². The number of benzene rings is 1. The topological polar surface area (TPSA) is 49.8 Å². The van der Waals surface area contributed by atoms with Crippen LogP contribution in [0.15, 0.2) is 30.6 Å². The van der Waals surface area contributed by atoms with Gasteiger partial charge in [0.25, 0.3) is 0 Å². The second-order valence-electron chi connectivity index (χ2n) is 3.91. The molecular weight excluding hydrogens is 231 g/mol. The normalized spacial score (nSPS) is 10.2. The second kappa shape index (κ2) is 5.44. The Bertz CT molecular complexity index is 542. The molecule has 0 saturated heterocycles. The standard InChI is InChI=1S/C13H15FN4/c1-3-16-12-7-15-8-13(18-12)17-10-5-4-9(2)11(14)6-10/h4-8H,3H2,1-2H3,(H2,16,17,18). The molecule has 0 spiro atoms. The third-order valence-corrected chi connectivity index (χ3v) is 2.44. The first-order valence-corrected chi connectivity index (χ1v) is 5.78. The Hall–Kier alpha value is -2.17. The van der Waals surface area contributed by atoms with Crippen molar-refractivity contribution in [1.29, 1.82) is 0 Å². The van der Waals surface area contributed by atoms with E-state index in [0.717, 1.165) is 6.54 Å². The molecule has 0 atom stereocenters. The van der Waals surface area contributed by atoms with Gasteiger partial charge in [-0.3, -0.25) is 4.98 Å². The first-order valence-electron chi connectivity index (χ1n) is 5.78. The highest BCUT2D eigenvalue weighted by Crippen LogP contribution is 2.18. The third-order valence-electron chi connectivity index (χ3n) is 2.44. The monoisotopic (exact) mass is 246 g/mol. The molecule has 0 saturated carbocycles. The minimum atomic E-state index is -0.240. The van der Waals surface area contributed by atoms with Crippen molar-refractivity contribution in [3.8, 4) is 0 Å². The molecule has 1 heterocycles. The second-order valence-corrected chi connectivity index (χ2v) is 3.91. The molecule has 5 heteroatoms. The van der Waals surface area contributed by atoms with E-state index in [4.69, 9.17) is 0 Å². The van der Waals surface area contributed by atoms with Gasteiger partial charge in [-0.25, -0.2) is 9.37 Å². The number of nitrogens with zero attached hydrogens (tertiary/aromatic N) is 2. The van der Waals surface area contributed by atoms with Crippen LogP contribution in [-0.2, 0) is 0 Å². The number of halogens is 1. The Balaban J connectivity index is 2.17. The molecule has 0 unspecified atom stereocenters. The summed E-state index contributed by atoms with van der Waals surface area (Å²) in [5, 5.41) is 6.08. The zero-order valence-electron chi connectivity index (χ0n) is 10.4. The molecule has 1 aromatic heterocycles. The molecule has 0 fully saturated rings. The zero-order valence-corrected chi connectivity index (χ0v) is 10.4. The summed E-state index contributed by atoms with van der Waals surface area (Å²) in [6.45, 7) is 4.49. The number of aromatic nitrogens is 2. The number of aryl methyl sites for hydroxylation is 1. The van der Waals surface area contributed by atoms with Crippen molar-refractivity contribution in [3.05, 3.63) is 42.0 Å². The van der Waals surface area contributed by atoms with Crippen LogP contribution in [0.5, 0.6) is 0 Å². The quantitative estimate of drug-likeness (QED) is 0.870. The summed E-state index contributed by atoms with van der Waals surface area (Å²) in [6, 6.07) is 4.97. The highest BCUT2D eigenvalue weighted by Gasteiger charge is 2.02. The highest BCUT2D eigenvalue weighted by atomic mass is 19.1. The predicted molar refractivity (Wildman–Crippen MR) is 70.6 cm³/mol. The van der Waals surface area contributed by atoms with Crippen molar-refractivity contribution in [2.24, 2.45) is 0 Å². The van der Waals surface area contributed by atoms with Crippen LogP contribution < -0.4 is 10.6 Å². The molecule has 0 radical (unpaired) electrons. The molecule has 4 nitrogen and oxygen atoms in total. The summed E-state index contributed by atoms with van der Waals surface area (Å²) in [6.07, 6.45) is 3.24. The molecule has 0 bridgehead atoms. The average molecular weight is 246 g/mol. The van der Waals surface area contributed by atoms with Gasteiger partial charge in [-0.1, -0.05) is 6.07 Å². The van der Waals surface area contributed by atoms with Crippen LogP contribution in [0.3, 0.4) is 0 Å². The smallest absolute Gasteiger partial charge is 0.151 e. The lowest BCUT2D eigenvalue weighted by molar-refractivity contribution is 0.619. The lowest BCUT2D eigenvalue weighted by Crippen LogP contribution is -2.02. The van der Waals surface area contributed by atoms with E-state index in [2.05, 4.69) is 20.6 Å². The maximum atomic E-state index is 13.4. The molecule has 94 valence electrons. The van der Waals surface area contributed by atoms with E-state index < -0.39 is 0 Å². The van der Waals surface area contributed by atoms with Gasteiger partial charge in [-0.2, -0.15) is 0 Å². The molecule has 2 N–H and O–H groups in total. The maximum absolute atomic E-state index is 13.4. The van der Waals surface area contributed by atoms with Gasteiger partial charge in [0.1, 0.15) is 11.6 Å². The van der Waals surface area contributed by atoms with Gasteiger partial charge >= 0.3 is 0 Å². The highest BCUT2D eigenvalue weighted by molar-refractivity contribution is 5.57. The molecule has 0 aliphatic heterocycles. The third kappa shape index (κ3) is 2.94. The largest absolute Gasteiger partial charge is 0.369 e. The molecule has 0 aliphatic carbocycles. The van der Waals surface area contributed by atoms with Gasteiger partial charge < -0.3 is 10.6 Å². The van der Waals surface area contributed by atoms with Crippen molar-refractivity contribution >= 4 is 17.3 Å². The summed E-state index contributed by atoms with van der Waals surface area (Å²) in [5.41, 5.74) is 1.27. The lowest BCUT2D eigenvalue weighted by atomic mass is 10.2.